The molecule has 4 rings (SSSR count). The number of hydrogen-bond acceptors (Lipinski definition) is 3. The van der Waals surface area contributed by atoms with Gasteiger partial charge in [0, 0.05) is 23.7 Å². The maximum atomic E-state index is 13.3. The highest BCUT2D eigenvalue weighted by atomic mass is 19.1. The predicted molar refractivity (Wildman–Crippen MR) is 106 cm³/mol. The molecule has 2 atom stereocenters. The lowest BCUT2D eigenvalue weighted by Crippen LogP contribution is -2.40. The molecule has 0 N–H and O–H groups in total. The number of carbonyl (C=O) groups excluding carboxylic acids is 1. The Morgan fingerprint density at radius 2 is 1.96 bits per heavy atom. The average Bonchev–Trinajstić information content (AvgIpc) is 3.15. The summed E-state index contributed by atoms with van der Waals surface area (Å²) in [6.45, 7) is 1.80. The summed E-state index contributed by atoms with van der Waals surface area (Å²) in [5, 5.41) is 0. The van der Waals surface area contributed by atoms with Crippen LogP contribution in [0.25, 0.3) is 0 Å². The molecule has 3 nitrogen and oxygen atoms in total. The topological polar surface area (TPSA) is 29.5 Å². The number of fused-ring (bicyclic) bond motifs is 1. The molecule has 0 bridgehead atoms. The minimum atomic E-state index is -0.268. The summed E-state index contributed by atoms with van der Waals surface area (Å²) in [6, 6.07) is 13.1. The molecule has 2 aliphatic rings. The standard InChI is InChI=1S/C24H24FNO2/c1-28-24(27)20-5-3-13-26(16-20)23-12-10-19-14-18(9-11-22(19)23)8-7-17-4-2-6-21(25)15-17/h2,4,6,9,11,14-15,20,23H,3,5,10,12-13,16H2,1H3/t20-,23?/m1/s1. The summed E-state index contributed by atoms with van der Waals surface area (Å²) in [4.78, 5) is 14.4. The van der Waals surface area contributed by atoms with Crippen molar-refractivity contribution in [2.24, 2.45) is 5.92 Å². The highest BCUT2D eigenvalue weighted by molar-refractivity contribution is 5.72. The summed E-state index contributed by atoms with van der Waals surface area (Å²) in [5.41, 5.74) is 4.31. The maximum Gasteiger partial charge on any atom is 0.309 e. The van der Waals surface area contributed by atoms with Crippen LogP contribution < -0.4 is 0 Å². The number of hydrogen-bond donors (Lipinski definition) is 0. The molecule has 1 saturated heterocycles. The number of piperidine rings is 1. The van der Waals surface area contributed by atoms with Gasteiger partial charge in [-0.2, -0.15) is 0 Å². The Balaban J connectivity index is 1.50. The first kappa shape index (κ1) is 18.7. The van der Waals surface area contributed by atoms with Crippen molar-refractivity contribution in [3.63, 3.8) is 0 Å². The molecular weight excluding hydrogens is 353 g/mol. The molecule has 2 aromatic rings. The molecule has 2 aromatic carbocycles. The van der Waals surface area contributed by atoms with Crippen molar-refractivity contribution < 1.29 is 13.9 Å². The molecule has 1 unspecified atom stereocenters. The van der Waals surface area contributed by atoms with Gasteiger partial charge in [0.15, 0.2) is 0 Å². The number of ether oxygens (including phenoxy) is 1. The van der Waals surface area contributed by atoms with E-state index in [2.05, 4.69) is 28.9 Å². The molecular formula is C24H24FNO2. The highest BCUT2D eigenvalue weighted by Crippen LogP contribution is 2.38. The van der Waals surface area contributed by atoms with Crippen LogP contribution in [0.1, 0.15) is 47.6 Å². The lowest BCUT2D eigenvalue weighted by atomic mass is 9.95. The van der Waals surface area contributed by atoms with Crippen molar-refractivity contribution in [1.82, 2.24) is 4.90 Å². The zero-order chi connectivity index (χ0) is 19.5. The fourth-order valence-electron chi connectivity index (χ4n) is 4.41. The Hall–Kier alpha value is -2.64. The van der Waals surface area contributed by atoms with Crippen molar-refractivity contribution in [2.75, 3.05) is 20.2 Å². The molecule has 0 amide bonds. The number of aryl methyl sites for hydroxylation is 1. The number of methoxy groups -OCH3 is 1. The van der Waals surface area contributed by atoms with E-state index in [0.717, 1.165) is 44.3 Å². The average molecular weight is 377 g/mol. The summed E-state index contributed by atoms with van der Waals surface area (Å²) in [7, 11) is 1.47. The number of likely N-dealkylation sites (tertiary alicyclic amines) is 1. The van der Waals surface area contributed by atoms with Crippen LogP contribution >= 0.6 is 0 Å². The molecule has 0 aromatic heterocycles. The number of halogens is 1. The van der Waals surface area contributed by atoms with Crippen LogP contribution in [0.3, 0.4) is 0 Å². The maximum absolute atomic E-state index is 13.3. The quantitative estimate of drug-likeness (QED) is 0.583. The molecule has 0 spiro atoms. The lowest BCUT2D eigenvalue weighted by Gasteiger charge is -2.36. The van der Waals surface area contributed by atoms with E-state index in [1.54, 1.807) is 6.07 Å². The fraction of sp³-hybridized carbons (Fsp3) is 0.375. The normalized spacial score (nSPS) is 21.5. The van der Waals surface area contributed by atoms with E-state index in [0.29, 0.717) is 11.6 Å². The van der Waals surface area contributed by atoms with Crippen LogP contribution in [0.2, 0.25) is 0 Å². The minimum absolute atomic E-state index is 0.0146. The van der Waals surface area contributed by atoms with Gasteiger partial charge in [-0.25, -0.2) is 4.39 Å². The van der Waals surface area contributed by atoms with E-state index in [-0.39, 0.29) is 17.7 Å². The Morgan fingerprint density at radius 3 is 2.75 bits per heavy atom. The highest BCUT2D eigenvalue weighted by Gasteiger charge is 2.34. The molecule has 1 fully saturated rings. The number of benzene rings is 2. The van der Waals surface area contributed by atoms with E-state index in [9.17, 15) is 9.18 Å². The van der Waals surface area contributed by atoms with E-state index >= 15 is 0 Å². The van der Waals surface area contributed by atoms with Gasteiger partial charge in [-0.3, -0.25) is 9.69 Å². The van der Waals surface area contributed by atoms with Gasteiger partial charge in [-0.15, -0.1) is 0 Å². The fourth-order valence-corrected chi connectivity index (χ4v) is 4.41. The van der Waals surface area contributed by atoms with Crippen molar-refractivity contribution >= 4 is 5.97 Å². The number of carbonyl (C=O) groups is 1. The van der Waals surface area contributed by atoms with Crippen LogP contribution in [-0.4, -0.2) is 31.1 Å². The predicted octanol–water partition coefficient (Wildman–Crippen LogP) is 4.10. The summed E-state index contributed by atoms with van der Waals surface area (Å²) < 4.78 is 18.2. The summed E-state index contributed by atoms with van der Waals surface area (Å²) in [5.74, 6) is 5.82. The van der Waals surface area contributed by atoms with Crippen LogP contribution in [0.5, 0.6) is 0 Å². The number of esters is 1. The molecule has 144 valence electrons. The monoisotopic (exact) mass is 377 g/mol. The van der Waals surface area contributed by atoms with E-state index in [1.165, 1.54) is 30.4 Å². The molecule has 4 heteroatoms. The van der Waals surface area contributed by atoms with Gasteiger partial charge in [0.1, 0.15) is 5.82 Å². The SMILES string of the molecule is COC(=O)[C@@H]1CCCN(C2CCc3cc(C#Cc4cccc(F)c4)ccc32)C1. The second-order valence-corrected chi connectivity index (χ2v) is 7.59. The van der Waals surface area contributed by atoms with Crippen LogP contribution in [0.4, 0.5) is 4.39 Å². The largest absolute Gasteiger partial charge is 0.469 e. The van der Waals surface area contributed by atoms with E-state index < -0.39 is 0 Å². The summed E-state index contributed by atoms with van der Waals surface area (Å²) >= 11 is 0. The molecule has 0 radical (unpaired) electrons. The van der Waals surface area contributed by atoms with Gasteiger partial charge in [0.05, 0.1) is 13.0 Å². The van der Waals surface area contributed by atoms with Crippen molar-refractivity contribution in [3.8, 4) is 11.8 Å². The zero-order valence-electron chi connectivity index (χ0n) is 16.1. The molecule has 28 heavy (non-hydrogen) atoms. The Labute approximate surface area is 165 Å². The van der Waals surface area contributed by atoms with Crippen molar-refractivity contribution in [3.05, 3.63) is 70.5 Å². The van der Waals surface area contributed by atoms with Gasteiger partial charge in [-0.05, 0) is 73.7 Å². The first-order valence-electron chi connectivity index (χ1n) is 9.86. The first-order valence-corrected chi connectivity index (χ1v) is 9.86. The van der Waals surface area contributed by atoms with E-state index in [1.807, 2.05) is 12.1 Å². The Kier molecular flexibility index (Phi) is 5.45. The second-order valence-electron chi connectivity index (χ2n) is 7.59. The zero-order valence-corrected chi connectivity index (χ0v) is 16.1. The smallest absolute Gasteiger partial charge is 0.309 e. The first-order chi connectivity index (χ1) is 13.6. The Morgan fingerprint density at radius 1 is 1.14 bits per heavy atom. The summed E-state index contributed by atoms with van der Waals surface area (Å²) in [6.07, 6.45) is 4.04. The van der Waals surface area contributed by atoms with Crippen LogP contribution in [0, 0.1) is 23.6 Å². The second kappa shape index (κ2) is 8.16. The van der Waals surface area contributed by atoms with Gasteiger partial charge in [-0.1, -0.05) is 24.0 Å². The molecule has 1 heterocycles. The lowest BCUT2D eigenvalue weighted by molar-refractivity contribution is -0.147. The third-order valence-electron chi connectivity index (χ3n) is 5.79. The number of nitrogens with zero attached hydrogens (tertiary/aromatic N) is 1. The molecule has 1 aliphatic heterocycles. The van der Waals surface area contributed by atoms with Crippen LogP contribution in [-0.2, 0) is 16.0 Å². The van der Waals surface area contributed by atoms with Gasteiger partial charge < -0.3 is 4.74 Å². The number of rotatable bonds is 2. The molecule has 1 aliphatic carbocycles. The third kappa shape index (κ3) is 3.95. The van der Waals surface area contributed by atoms with Crippen molar-refractivity contribution in [2.45, 2.75) is 31.7 Å². The molecule has 0 saturated carbocycles. The Bertz CT molecular complexity index is 943. The third-order valence-corrected chi connectivity index (χ3v) is 5.79. The van der Waals surface area contributed by atoms with Crippen LogP contribution in [0.15, 0.2) is 42.5 Å². The van der Waals surface area contributed by atoms with Crippen molar-refractivity contribution in [1.29, 1.82) is 0 Å². The van der Waals surface area contributed by atoms with Gasteiger partial charge >= 0.3 is 5.97 Å². The minimum Gasteiger partial charge on any atom is -0.469 e. The van der Waals surface area contributed by atoms with E-state index in [4.69, 9.17) is 4.74 Å². The van der Waals surface area contributed by atoms with Gasteiger partial charge in [0.2, 0.25) is 0 Å². The van der Waals surface area contributed by atoms with Gasteiger partial charge in [0.25, 0.3) is 0 Å².